The number of nitrogens with zero attached hydrogens (tertiary/aromatic N) is 3. The van der Waals surface area contributed by atoms with Crippen LogP contribution in [0.1, 0.15) is 34.9 Å². The first-order valence-corrected chi connectivity index (χ1v) is 12.8. The summed E-state index contributed by atoms with van der Waals surface area (Å²) in [6, 6.07) is 9.98. The monoisotopic (exact) mass is 462 g/mol. The molecule has 4 heterocycles. The maximum Gasteiger partial charge on any atom is 0.260 e. The number of thiophene rings is 2. The Balaban J connectivity index is 1.38. The van der Waals surface area contributed by atoms with E-state index in [1.807, 2.05) is 35.7 Å². The molecule has 1 aliphatic rings. The quantitative estimate of drug-likeness (QED) is 0.262. The summed E-state index contributed by atoms with van der Waals surface area (Å²) < 4.78 is 0. The van der Waals surface area contributed by atoms with Gasteiger partial charge in [0.1, 0.15) is 26.8 Å². The van der Waals surface area contributed by atoms with E-state index >= 15 is 0 Å². The maximum absolute atomic E-state index is 13.0. The smallest absolute Gasteiger partial charge is 0.260 e. The van der Waals surface area contributed by atoms with Crippen LogP contribution in [0.2, 0.25) is 0 Å². The van der Waals surface area contributed by atoms with E-state index in [0.29, 0.717) is 11.2 Å². The lowest BCUT2D eigenvalue weighted by Gasteiger charge is -2.11. The fraction of sp³-hybridized carbons (Fsp3) is 0.217. The van der Waals surface area contributed by atoms with E-state index in [4.69, 9.17) is 4.98 Å². The molecule has 0 bridgehead atoms. The summed E-state index contributed by atoms with van der Waals surface area (Å²) >= 11 is 4.95. The lowest BCUT2D eigenvalue weighted by Crippen LogP contribution is -2.12. The molecule has 0 radical (unpaired) electrons. The van der Waals surface area contributed by atoms with E-state index in [0.717, 1.165) is 38.7 Å². The molecule has 0 spiro atoms. The summed E-state index contributed by atoms with van der Waals surface area (Å²) in [6.45, 7) is 2.07. The normalized spacial score (nSPS) is 14.4. The zero-order valence-electron chi connectivity index (χ0n) is 16.7. The van der Waals surface area contributed by atoms with Gasteiger partial charge in [0, 0.05) is 21.2 Å². The van der Waals surface area contributed by atoms with Gasteiger partial charge < -0.3 is 4.98 Å². The molecule has 1 aromatic carbocycles. The van der Waals surface area contributed by atoms with E-state index in [1.165, 1.54) is 33.6 Å². The second kappa shape index (κ2) is 7.55. The van der Waals surface area contributed by atoms with Gasteiger partial charge >= 0.3 is 0 Å². The Morgan fingerprint density at radius 3 is 2.84 bits per heavy atom. The highest BCUT2D eigenvalue weighted by atomic mass is 32.2. The summed E-state index contributed by atoms with van der Waals surface area (Å²) in [5, 5.41) is 4.83. The van der Waals surface area contributed by atoms with Crippen LogP contribution < -0.4 is 5.56 Å². The first-order chi connectivity index (χ1) is 15.2. The van der Waals surface area contributed by atoms with Crippen LogP contribution >= 0.6 is 34.4 Å². The van der Waals surface area contributed by atoms with Gasteiger partial charge in [-0.15, -0.1) is 22.7 Å². The van der Waals surface area contributed by atoms with E-state index in [1.54, 1.807) is 29.4 Å². The van der Waals surface area contributed by atoms with Crippen molar-refractivity contribution in [1.29, 1.82) is 0 Å². The Morgan fingerprint density at radius 2 is 1.97 bits per heavy atom. The fourth-order valence-corrected chi connectivity index (χ4v) is 7.45. The largest absolute Gasteiger partial charge is 0.309 e. The van der Waals surface area contributed by atoms with E-state index in [-0.39, 0.29) is 10.8 Å². The lowest BCUT2D eigenvalue weighted by molar-refractivity contribution is 0.912. The summed E-state index contributed by atoms with van der Waals surface area (Å²) in [6.07, 6.45) is 5.10. The number of hydrogen-bond acceptors (Lipinski definition) is 7. The molecule has 31 heavy (non-hydrogen) atoms. The van der Waals surface area contributed by atoms with Gasteiger partial charge in [-0.1, -0.05) is 42.1 Å². The van der Waals surface area contributed by atoms with Crippen molar-refractivity contribution in [2.45, 2.75) is 36.5 Å². The molecule has 0 aliphatic heterocycles. The van der Waals surface area contributed by atoms with Crippen LogP contribution in [0.4, 0.5) is 0 Å². The van der Waals surface area contributed by atoms with Crippen molar-refractivity contribution < 1.29 is 0 Å². The minimum absolute atomic E-state index is 0.0329. The van der Waals surface area contributed by atoms with Crippen molar-refractivity contribution in [3.8, 4) is 11.1 Å². The van der Waals surface area contributed by atoms with Crippen LogP contribution in [0.5, 0.6) is 0 Å². The zero-order chi connectivity index (χ0) is 20.9. The van der Waals surface area contributed by atoms with Crippen molar-refractivity contribution in [2.24, 2.45) is 0 Å². The molecule has 0 fully saturated rings. The van der Waals surface area contributed by atoms with Crippen molar-refractivity contribution in [1.82, 2.24) is 19.9 Å². The number of nitrogens with one attached hydrogen (secondary N) is 1. The molecule has 6 rings (SSSR count). The highest BCUT2D eigenvalue weighted by Crippen LogP contribution is 2.43. The Hall–Kier alpha value is -2.55. The molecule has 0 saturated carbocycles. The third-order valence-electron chi connectivity index (χ3n) is 5.69. The fourth-order valence-electron chi connectivity index (χ4n) is 4.20. The number of aryl methyl sites for hydroxylation is 2. The predicted molar refractivity (Wildman–Crippen MR) is 129 cm³/mol. The molecular weight excluding hydrogens is 444 g/mol. The Morgan fingerprint density at radius 1 is 1.10 bits per heavy atom. The number of rotatable bonds is 4. The first-order valence-electron chi connectivity index (χ1n) is 10.2. The van der Waals surface area contributed by atoms with E-state index in [9.17, 15) is 4.79 Å². The van der Waals surface area contributed by atoms with Crippen LogP contribution in [0.15, 0.2) is 51.9 Å². The van der Waals surface area contributed by atoms with Crippen LogP contribution in [0, 0.1) is 0 Å². The molecule has 0 amide bonds. The van der Waals surface area contributed by atoms with Gasteiger partial charge in [0.05, 0.1) is 10.6 Å². The minimum atomic E-state index is -0.0863. The van der Waals surface area contributed by atoms with Crippen molar-refractivity contribution >= 4 is 54.9 Å². The third kappa shape index (κ3) is 3.21. The van der Waals surface area contributed by atoms with E-state index in [2.05, 4.69) is 21.9 Å². The van der Waals surface area contributed by atoms with Crippen LogP contribution in [-0.2, 0) is 12.8 Å². The zero-order valence-corrected chi connectivity index (χ0v) is 19.2. The van der Waals surface area contributed by atoms with Gasteiger partial charge in [-0.05, 0) is 37.3 Å². The first kappa shape index (κ1) is 19.2. The highest BCUT2D eigenvalue weighted by molar-refractivity contribution is 7.99. The number of aromatic nitrogens is 4. The number of hydrogen-bond donors (Lipinski definition) is 1. The molecular formula is C23H18N4OS3. The van der Waals surface area contributed by atoms with Crippen molar-refractivity contribution in [3.63, 3.8) is 0 Å². The standard InChI is InChI=1S/C23H18N4OS3/c1-12(30-21-18-14-8-5-9-16(14)31-22(18)25-11-24-21)19-26-20(28)17-15(10-29-23(17)27-19)13-6-3-2-4-7-13/h2-4,6-7,10-12H,5,8-9H2,1H3,(H,26,27,28)/t12-/m0/s1. The second-order valence-electron chi connectivity index (χ2n) is 7.62. The molecule has 0 saturated heterocycles. The number of fused-ring (bicyclic) bond motifs is 4. The van der Waals surface area contributed by atoms with Crippen LogP contribution in [-0.4, -0.2) is 19.9 Å². The summed E-state index contributed by atoms with van der Waals surface area (Å²) in [5.41, 5.74) is 3.30. The summed E-state index contributed by atoms with van der Waals surface area (Å²) in [4.78, 5) is 33.2. The van der Waals surface area contributed by atoms with Crippen LogP contribution in [0.3, 0.4) is 0 Å². The minimum Gasteiger partial charge on any atom is -0.309 e. The average molecular weight is 463 g/mol. The van der Waals surface area contributed by atoms with E-state index < -0.39 is 0 Å². The third-order valence-corrected chi connectivity index (χ3v) is 8.87. The summed E-state index contributed by atoms with van der Waals surface area (Å²) in [7, 11) is 0. The lowest BCUT2D eigenvalue weighted by atomic mass is 10.1. The molecule has 154 valence electrons. The number of thioether (sulfide) groups is 1. The average Bonchev–Trinajstić information content (AvgIpc) is 3.49. The Kier molecular flexibility index (Phi) is 4.66. The SMILES string of the molecule is C[C@H](Sc1ncnc2sc3c(c12)CCC3)c1nc2scc(-c3ccccc3)c2c(=O)[nH]1. The van der Waals surface area contributed by atoms with Crippen molar-refractivity contribution in [3.05, 3.63) is 68.7 Å². The molecule has 8 heteroatoms. The number of aromatic amines is 1. The number of H-pyrrole nitrogens is 1. The number of benzene rings is 1. The van der Waals surface area contributed by atoms with Crippen molar-refractivity contribution in [2.75, 3.05) is 0 Å². The topological polar surface area (TPSA) is 71.5 Å². The Labute approximate surface area is 190 Å². The van der Waals surface area contributed by atoms with Gasteiger partial charge in [0.15, 0.2) is 0 Å². The molecule has 1 N–H and O–H groups in total. The molecule has 1 atom stereocenters. The molecule has 1 aliphatic carbocycles. The van der Waals surface area contributed by atoms with Gasteiger partial charge in [0.2, 0.25) is 0 Å². The second-order valence-corrected chi connectivity index (χ2v) is 10.9. The van der Waals surface area contributed by atoms with Crippen LogP contribution in [0.25, 0.3) is 31.6 Å². The highest BCUT2D eigenvalue weighted by Gasteiger charge is 2.23. The molecule has 5 nitrogen and oxygen atoms in total. The molecule has 0 unspecified atom stereocenters. The maximum atomic E-state index is 13.0. The summed E-state index contributed by atoms with van der Waals surface area (Å²) in [5.74, 6) is 0.683. The molecule has 4 aromatic heterocycles. The van der Waals surface area contributed by atoms with Gasteiger partial charge in [0.25, 0.3) is 5.56 Å². The predicted octanol–water partition coefficient (Wildman–Crippen LogP) is 6.00. The Bertz CT molecular complexity index is 1490. The van der Waals surface area contributed by atoms with Gasteiger partial charge in [-0.2, -0.15) is 0 Å². The van der Waals surface area contributed by atoms with Gasteiger partial charge in [-0.25, -0.2) is 15.0 Å². The van der Waals surface area contributed by atoms with Gasteiger partial charge in [-0.3, -0.25) is 4.79 Å². The molecule has 5 aromatic rings.